The molecule has 0 bridgehead atoms. The first-order valence-electron chi connectivity index (χ1n) is 6.35. The third-order valence-corrected chi connectivity index (χ3v) is 4.17. The molecule has 0 aromatic carbocycles. The van der Waals surface area contributed by atoms with Crippen LogP contribution in [0.25, 0.3) is 0 Å². The minimum absolute atomic E-state index is 0.131. The molecule has 1 rings (SSSR count). The standard InChI is InChI=1S/C13H23NO3/c1-5-9-6-7-10(8(9)2)14-11(15)13(3,4)12(16)17/h8-10H,5-7H2,1-4H3,(H,14,15)(H,16,17). The van der Waals surface area contributed by atoms with Crippen LogP contribution in [0.1, 0.15) is 47.0 Å². The number of nitrogens with one attached hydrogen (secondary N) is 1. The number of hydrogen-bond acceptors (Lipinski definition) is 2. The van der Waals surface area contributed by atoms with Crippen molar-refractivity contribution in [3.05, 3.63) is 0 Å². The molecule has 0 aromatic heterocycles. The second-order valence-electron chi connectivity index (χ2n) is 5.61. The van der Waals surface area contributed by atoms with Crippen molar-refractivity contribution in [2.75, 3.05) is 0 Å². The van der Waals surface area contributed by atoms with Crippen LogP contribution in [0.2, 0.25) is 0 Å². The van der Waals surface area contributed by atoms with Gasteiger partial charge < -0.3 is 10.4 Å². The van der Waals surface area contributed by atoms with Gasteiger partial charge in [0, 0.05) is 6.04 Å². The van der Waals surface area contributed by atoms with Crippen molar-refractivity contribution in [2.24, 2.45) is 17.3 Å². The van der Waals surface area contributed by atoms with E-state index in [0.29, 0.717) is 11.8 Å². The van der Waals surface area contributed by atoms with Crippen molar-refractivity contribution in [3.63, 3.8) is 0 Å². The minimum atomic E-state index is -1.34. The summed E-state index contributed by atoms with van der Waals surface area (Å²) in [6.45, 7) is 7.19. The fourth-order valence-electron chi connectivity index (χ4n) is 2.47. The summed E-state index contributed by atoms with van der Waals surface area (Å²) in [5.41, 5.74) is -1.34. The lowest BCUT2D eigenvalue weighted by Gasteiger charge is -2.25. The summed E-state index contributed by atoms with van der Waals surface area (Å²) < 4.78 is 0. The van der Waals surface area contributed by atoms with Crippen LogP contribution in [0.5, 0.6) is 0 Å². The third kappa shape index (κ3) is 2.79. The summed E-state index contributed by atoms with van der Waals surface area (Å²) >= 11 is 0. The Morgan fingerprint density at radius 1 is 1.35 bits per heavy atom. The van der Waals surface area contributed by atoms with E-state index < -0.39 is 11.4 Å². The molecule has 98 valence electrons. The molecule has 1 aliphatic rings. The highest BCUT2D eigenvalue weighted by molar-refractivity contribution is 6.01. The first-order valence-corrected chi connectivity index (χ1v) is 6.35. The molecule has 1 fully saturated rings. The molecule has 0 spiro atoms. The number of hydrogen-bond donors (Lipinski definition) is 2. The lowest BCUT2D eigenvalue weighted by molar-refractivity contribution is -0.153. The van der Waals surface area contributed by atoms with Gasteiger partial charge in [0.1, 0.15) is 5.41 Å². The van der Waals surface area contributed by atoms with E-state index in [-0.39, 0.29) is 11.9 Å². The topological polar surface area (TPSA) is 66.4 Å². The molecule has 1 saturated carbocycles. The van der Waals surface area contributed by atoms with Crippen molar-refractivity contribution in [1.29, 1.82) is 0 Å². The number of amides is 1. The van der Waals surface area contributed by atoms with Gasteiger partial charge >= 0.3 is 5.97 Å². The highest BCUT2D eigenvalue weighted by atomic mass is 16.4. The maximum absolute atomic E-state index is 11.9. The summed E-state index contributed by atoms with van der Waals surface area (Å²) in [6, 6.07) is 0.131. The number of carboxylic acid groups (broad SMARTS) is 1. The van der Waals surface area contributed by atoms with Gasteiger partial charge in [-0.1, -0.05) is 20.3 Å². The van der Waals surface area contributed by atoms with E-state index in [0.717, 1.165) is 19.3 Å². The second-order valence-corrected chi connectivity index (χ2v) is 5.61. The van der Waals surface area contributed by atoms with Gasteiger partial charge in [-0.15, -0.1) is 0 Å². The predicted molar refractivity (Wildman–Crippen MR) is 65.5 cm³/mol. The lowest BCUT2D eigenvalue weighted by atomic mass is 9.90. The zero-order valence-electron chi connectivity index (χ0n) is 11.1. The third-order valence-electron chi connectivity index (χ3n) is 4.17. The van der Waals surface area contributed by atoms with Crippen molar-refractivity contribution in [2.45, 2.75) is 53.0 Å². The van der Waals surface area contributed by atoms with E-state index in [1.54, 1.807) is 0 Å². The van der Waals surface area contributed by atoms with Crippen molar-refractivity contribution in [1.82, 2.24) is 5.32 Å². The predicted octanol–water partition coefficient (Wildman–Crippen LogP) is 2.04. The Bertz CT molecular complexity index is 312. The van der Waals surface area contributed by atoms with Crippen molar-refractivity contribution < 1.29 is 14.7 Å². The Morgan fingerprint density at radius 2 is 1.94 bits per heavy atom. The first-order chi connectivity index (χ1) is 7.80. The van der Waals surface area contributed by atoms with Gasteiger partial charge in [0.05, 0.1) is 0 Å². The molecule has 4 nitrogen and oxygen atoms in total. The SMILES string of the molecule is CCC1CCC(NC(=O)C(C)(C)C(=O)O)C1C. The lowest BCUT2D eigenvalue weighted by Crippen LogP contribution is -2.47. The van der Waals surface area contributed by atoms with E-state index in [1.165, 1.54) is 13.8 Å². The van der Waals surface area contributed by atoms with Gasteiger partial charge in [-0.25, -0.2) is 0 Å². The maximum Gasteiger partial charge on any atom is 0.318 e. The molecule has 3 atom stereocenters. The van der Waals surface area contributed by atoms with Crippen LogP contribution in [-0.2, 0) is 9.59 Å². The van der Waals surface area contributed by atoms with Crippen molar-refractivity contribution >= 4 is 11.9 Å². The fourth-order valence-corrected chi connectivity index (χ4v) is 2.47. The minimum Gasteiger partial charge on any atom is -0.480 e. The van der Waals surface area contributed by atoms with Gasteiger partial charge in [0.15, 0.2) is 0 Å². The molecule has 3 unspecified atom stereocenters. The monoisotopic (exact) mass is 241 g/mol. The van der Waals surface area contributed by atoms with Gasteiger partial charge in [-0.2, -0.15) is 0 Å². The Balaban J connectivity index is 2.62. The van der Waals surface area contributed by atoms with E-state index in [9.17, 15) is 9.59 Å². The van der Waals surface area contributed by atoms with Crippen molar-refractivity contribution in [3.8, 4) is 0 Å². The molecular weight excluding hydrogens is 218 g/mol. The average Bonchev–Trinajstić information content (AvgIpc) is 2.59. The van der Waals surface area contributed by atoms with Gasteiger partial charge in [0.2, 0.25) is 5.91 Å². The number of carbonyl (C=O) groups is 2. The molecule has 2 N–H and O–H groups in total. The summed E-state index contributed by atoms with van der Waals surface area (Å²) in [4.78, 5) is 22.9. The zero-order valence-corrected chi connectivity index (χ0v) is 11.1. The first kappa shape index (κ1) is 14.0. The maximum atomic E-state index is 11.9. The molecular formula is C13H23NO3. The molecule has 0 heterocycles. The largest absolute Gasteiger partial charge is 0.480 e. The van der Waals surface area contributed by atoms with Crippen LogP contribution in [0.4, 0.5) is 0 Å². The molecule has 17 heavy (non-hydrogen) atoms. The van der Waals surface area contributed by atoms with E-state index in [4.69, 9.17) is 5.11 Å². The van der Waals surface area contributed by atoms with Gasteiger partial charge in [-0.3, -0.25) is 9.59 Å². The van der Waals surface area contributed by atoms with Gasteiger partial charge in [0.25, 0.3) is 0 Å². The summed E-state index contributed by atoms with van der Waals surface area (Å²) in [5.74, 6) is -0.368. The van der Waals surface area contributed by atoms with Crippen LogP contribution >= 0.6 is 0 Å². The second kappa shape index (κ2) is 5.07. The number of carbonyl (C=O) groups excluding carboxylic acids is 1. The van der Waals surface area contributed by atoms with Crippen LogP contribution in [0, 0.1) is 17.3 Å². The normalized spacial score (nSPS) is 29.1. The molecule has 0 radical (unpaired) electrons. The van der Waals surface area contributed by atoms with Crippen LogP contribution in [0.15, 0.2) is 0 Å². The van der Waals surface area contributed by atoms with Gasteiger partial charge in [-0.05, 0) is 38.5 Å². The highest BCUT2D eigenvalue weighted by Gasteiger charge is 2.40. The summed E-state index contributed by atoms with van der Waals surface area (Å²) in [7, 11) is 0. The Labute approximate surface area is 103 Å². The Morgan fingerprint density at radius 3 is 2.35 bits per heavy atom. The highest BCUT2D eigenvalue weighted by Crippen LogP contribution is 2.34. The fraction of sp³-hybridized carbons (Fsp3) is 0.846. The number of rotatable bonds is 4. The summed E-state index contributed by atoms with van der Waals surface area (Å²) in [5, 5.41) is 11.9. The number of aliphatic carboxylic acids is 1. The quantitative estimate of drug-likeness (QED) is 0.740. The molecule has 1 amide bonds. The molecule has 1 aliphatic carbocycles. The molecule has 0 saturated heterocycles. The zero-order chi connectivity index (χ0) is 13.2. The molecule has 0 aliphatic heterocycles. The molecule has 4 heteroatoms. The summed E-state index contributed by atoms with van der Waals surface area (Å²) in [6.07, 6.45) is 3.20. The smallest absolute Gasteiger partial charge is 0.318 e. The van der Waals surface area contributed by atoms with E-state index >= 15 is 0 Å². The Hall–Kier alpha value is -1.06. The average molecular weight is 241 g/mol. The van der Waals surface area contributed by atoms with E-state index in [1.807, 2.05) is 0 Å². The van der Waals surface area contributed by atoms with Crippen LogP contribution in [-0.4, -0.2) is 23.0 Å². The van der Waals surface area contributed by atoms with Crippen LogP contribution in [0.3, 0.4) is 0 Å². The molecule has 0 aromatic rings. The number of carboxylic acids is 1. The Kier molecular flexibility index (Phi) is 4.17. The van der Waals surface area contributed by atoms with Crippen LogP contribution < -0.4 is 5.32 Å². The van der Waals surface area contributed by atoms with E-state index in [2.05, 4.69) is 19.2 Å².